The lowest BCUT2D eigenvalue weighted by molar-refractivity contribution is 1.07. The van der Waals surface area contributed by atoms with Gasteiger partial charge in [0.25, 0.3) is 5.56 Å². The van der Waals surface area contributed by atoms with Crippen molar-refractivity contribution in [1.29, 1.82) is 0 Å². The van der Waals surface area contributed by atoms with Gasteiger partial charge < -0.3 is 0 Å². The molecule has 0 aliphatic heterocycles. The van der Waals surface area contributed by atoms with Crippen LogP contribution in [0.3, 0.4) is 0 Å². The molecule has 3 nitrogen and oxygen atoms in total. The number of rotatable bonds is 4. The Morgan fingerprint density at radius 2 is 1.73 bits per heavy atom. The number of aryl methyl sites for hydroxylation is 1. The fourth-order valence-electron chi connectivity index (χ4n) is 2.72. The largest absolute Gasteiger partial charge is 0.279 e. The first-order chi connectivity index (χ1) is 12.7. The van der Waals surface area contributed by atoms with Crippen LogP contribution in [-0.4, -0.2) is 9.97 Å². The predicted octanol–water partition coefficient (Wildman–Crippen LogP) is 5.43. The Bertz CT molecular complexity index is 1140. The highest BCUT2D eigenvalue weighted by Crippen LogP contribution is 2.31. The molecule has 0 fully saturated rings. The maximum atomic E-state index is 12.3. The topological polar surface area (TPSA) is 42.9 Å². The third-order valence-corrected chi connectivity index (χ3v) is 6.16. The fourth-order valence-corrected chi connectivity index (χ4v) is 4.69. The highest BCUT2D eigenvalue weighted by molar-refractivity contribution is 7.99. The normalized spacial score (nSPS) is 11.0. The van der Waals surface area contributed by atoms with Crippen molar-refractivity contribution in [2.45, 2.75) is 23.3 Å². The number of hydrogen-bond donors (Lipinski definition) is 0. The van der Waals surface area contributed by atoms with Crippen LogP contribution in [0, 0.1) is 0 Å². The molecule has 0 bridgehead atoms. The maximum absolute atomic E-state index is 12.3. The van der Waals surface area contributed by atoms with Crippen LogP contribution in [0.4, 0.5) is 0 Å². The van der Waals surface area contributed by atoms with Gasteiger partial charge in [0.2, 0.25) is 0 Å². The van der Waals surface area contributed by atoms with Crippen LogP contribution in [-0.2, 0) is 6.42 Å². The molecule has 0 atom stereocenters. The predicted molar refractivity (Wildman–Crippen MR) is 109 cm³/mol. The molecular weight excluding hydrogens is 360 g/mol. The molecule has 2 heterocycles. The molecule has 0 aliphatic carbocycles. The summed E-state index contributed by atoms with van der Waals surface area (Å²) >= 11 is 3.14. The second-order valence-corrected chi connectivity index (χ2v) is 7.84. The molecule has 0 radical (unpaired) electrons. The van der Waals surface area contributed by atoms with Crippen LogP contribution >= 0.6 is 23.1 Å². The van der Waals surface area contributed by atoms with Crippen LogP contribution < -0.4 is 5.56 Å². The van der Waals surface area contributed by atoms with Gasteiger partial charge >= 0.3 is 0 Å². The SMILES string of the molecule is CCc1ccccc1Sc1cccc(-c2nc(=O)c3ccccc3s2)n1. The van der Waals surface area contributed by atoms with Gasteiger partial charge in [0.05, 0.1) is 5.39 Å². The fraction of sp³-hybridized carbons (Fsp3) is 0.0952. The molecule has 0 saturated carbocycles. The van der Waals surface area contributed by atoms with Gasteiger partial charge in [-0.2, -0.15) is 4.98 Å². The highest BCUT2D eigenvalue weighted by atomic mass is 32.2. The molecule has 0 saturated heterocycles. The zero-order valence-corrected chi connectivity index (χ0v) is 15.8. The van der Waals surface area contributed by atoms with Crippen LogP contribution in [0.2, 0.25) is 0 Å². The zero-order chi connectivity index (χ0) is 17.9. The molecule has 26 heavy (non-hydrogen) atoms. The van der Waals surface area contributed by atoms with E-state index in [9.17, 15) is 4.79 Å². The van der Waals surface area contributed by atoms with Crippen molar-refractivity contribution in [3.63, 3.8) is 0 Å². The van der Waals surface area contributed by atoms with Gasteiger partial charge in [-0.1, -0.05) is 55.1 Å². The molecule has 4 rings (SSSR count). The lowest BCUT2D eigenvalue weighted by Crippen LogP contribution is -2.06. The average Bonchev–Trinajstić information content (AvgIpc) is 2.68. The number of aromatic nitrogens is 2. The van der Waals surface area contributed by atoms with E-state index in [2.05, 4.69) is 30.1 Å². The quantitative estimate of drug-likeness (QED) is 0.476. The van der Waals surface area contributed by atoms with E-state index in [1.165, 1.54) is 21.8 Å². The molecule has 0 aliphatic rings. The van der Waals surface area contributed by atoms with Gasteiger partial charge in [-0.25, -0.2) is 4.98 Å². The molecule has 5 heteroatoms. The number of nitrogens with zero attached hydrogens (tertiary/aromatic N) is 2. The van der Waals surface area contributed by atoms with Crippen LogP contribution in [0.5, 0.6) is 0 Å². The molecule has 0 spiro atoms. The summed E-state index contributed by atoms with van der Waals surface area (Å²) in [4.78, 5) is 22.5. The highest BCUT2D eigenvalue weighted by Gasteiger charge is 2.10. The Labute approximate surface area is 159 Å². The summed E-state index contributed by atoms with van der Waals surface area (Å²) in [5, 5.41) is 2.21. The minimum atomic E-state index is -0.203. The van der Waals surface area contributed by atoms with E-state index in [0.29, 0.717) is 10.4 Å². The third-order valence-electron chi connectivity index (χ3n) is 4.04. The van der Waals surface area contributed by atoms with Crippen molar-refractivity contribution in [3.05, 3.63) is 82.6 Å². The van der Waals surface area contributed by atoms with E-state index in [4.69, 9.17) is 4.98 Å². The Balaban J connectivity index is 1.73. The molecule has 4 aromatic rings. The second-order valence-electron chi connectivity index (χ2n) is 5.74. The van der Waals surface area contributed by atoms with E-state index in [-0.39, 0.29) is 5.56 Å². The van der Waals surface area contributed by atoms with Crippen molar-refractivity contribution in [3.8, 4) is 10.7 Å². The van der Waals surface area contributed by atoms with Crippen LogP contribution in [0.15, 0.2) is 81.4 Å². The van der Waals surface area contributed by atoms with Crippen molar-refractivity contribution >= 4 is 33.2 Å². The first-order valence-corrected chi connectivity index (χ1v) is 10.0. The van der Waals surface area contributed by atoms with Crippen LogP contribution in [0.25, 0.3) is 20.8 Å². The smallest absolute Gasteiger partial charge is 0.267 e. The maximum Gasteiger partial charge on any atom is 0.279 e. The standard InChI is InChI=1S/C21H16N2OS2/c1-2-14-8-3-5-11-17(14)25-19-13-7-10-16(22-19)21-23-20(24)15-9-4-6-12-18(15)26-21/h3-13H,2H2,1H3. The van der Waals surface area contributed by atoms with Crippen molar-refractivity contribution in [2.24, 2.45) is 0 Å². The minimum Gasteiger partial charge on any atom is -0.267 e. The summed E-state index contributed by atoms with van der Waals surface area (Å²) in [6.07, 6.45) is 0.983. The zero-order valence-electron chi connectivity index (χ0n) is 14.2. The van der Waals surface area contributed by atoms with Crippen molar-refractivity contribution < 1.29 is 0 Å². The Morgan fingerprint density at radius 1 is 0.923 bits per heavy atom. The minimum absolute atomic E-state index is 0.203. The molecule has 0 N–H and O–H groups in total. The number of benzene rings is 2. The van der Waals surface area contributed by atoms with Gasteiger partial charge in [0.15, 0.2) is 0 Å². The second kappa shape index (κ2) is 7.40. The summed E-state index contributed by atoms with van der Waals surface area (Å²) in [5.41, 5.74) is 1.83. The first-order valence-electron chi connectivity index (χ1n) is 8.37. The summed E-state index contributed by atoms with van der Waals surface area (Å²) < 4.78 is 0.929. The van der Waals surface area contributed by atoms with E-state index in [0.717, 1.165) is 21.8 Å². The van der Waals surface area contributed by atoms with Crippen molar-refractivity contribution in [1.82, 2.24) is 9.97 Å². The first kappa shape index (κ1) is 16.9. The molecular formula is C21H16N2OS2. The summed E-state index contributed by atoms with van der Waals surface area (Å²) in [6, 6.07) is 21.8. The number of pyridine rings is 1. The van der Waals surface area contributed by atoms with Gasteiger partial charge in [-0.3, -0.25) is 4.79 Å². The summed E-state index contributed by atoms with van der Waals surface area (Å²) in [5.74, 6) is 0. The van der Waals surface area contributed by atoms with Gasteiger partial charge in [0, 0.05) is 9.60 Å². The molecule has 0 amide bonds. The molecule has 128 valence electrons. The molecule has 0 unspecified atom stereocenters. The van der Waals surface area contributed by atoms with E-state index >= 15 is 0 Å². The number of hydrogen-bond acceptors (Lipinski definition) is 5. The molecule has 2 aromatic carbocycles. The number of fused-ring (bicyclic) bond motifs is 1. The van der Waals surface area contributed by atoms with Crippen LogP contribution in [0.1, 0.15) is 12.5 Å². The van der Waals surface area contributed by atoms with Gasteiger partial charge in [-0.15, -0.1) is 11.3 Å². The average molecular weight is 377 g/mol. The van der Waals surface area contributed by atoms with Gasteiger partial charge in [-0.05, 0) is 42.3 Å². The lowest BCUT2D eigenvalue weighted by Gasteiger charge is -2.07. The Hall–Kier alpha value is -2.50. The lowest BCUT2D eigenvalue weighted by atomic mass is 10.2. The van der Waals surface area contributed by atoms with E-state index in [1.807, 2.05) is 48.5 Å². The van der Waals surface area contributed by atoms with Gasteiger partial charge in [0.1, 0.15) is 15.7 Å². The summed E-state index contributed by atoms with van der Waals surface area (Å²) in [7, 11) is 0. The van der Waals surface area contributed by atoms with E-state index in [1.54, 1.807) is 11.8 Å². The Morgan fingerprint density at radius 3 is 2.62 bits per heavy atom. The summed E-state index contributed by atoms with van der Waals surface area (Å²) in [6.45, 7) is 2.15. The van der Waals surface area contributed by atoms with Crippen molar-refractivity contribution in [2.75, 3.05) is 0 Å². The third kappa shape index (κ3) is 3.41. The molecule has 2 aromatic heterocycles. The Kier molecular flexibility index (Phi) is 4.82. The monoisotopic (exact) mass is 376 g/mol. The van der Waals surface area contributed by atoms with E-state index < -0.39 is 0 Å².